The summed E-state index contributed by atoms with van der Waals surface area (Å²) in [5.41, 5.74) is 2.92. The van der Waals surface area contributed by atoms with Crippen LogP contribution in [0.1, 0.15) is 28.4 Å². The number of anilines is 2. The summed E-state index contributed by atoms with van der Waals surface area (Å²) in [6.07, 6.45) is 1.59. The second kappa shape index (κ2) is 7.03. The minimum absolute atomic E-state index is 0.123. The van der Waals surface area contributed by atoms with E-state index in [-0.39, 0.29) is 18.4 Å². The largest absolute Gasteiger partial charge is 0.481 e. The average molecular weight is 388 g/mol. The van der Waals surface area contributed by atoms with E-state index in [4.69, 9.17) is 5.11 Å². The Kier molecular flexibility index (Phi) is 4.93. The molecule has 8 heteroatoms. The smallest absolute Gasteiger partial charge is 0.307 e. The molecule has 1 aliphatic rings. The molecule has 1 atom stereocenters. The van der Waals surface area contributed by atoms with Crippen LogP contribution in [-0.2, 0) is 27.7 Å². The first-order valence-corrected chi connectivity index (χ1v) is 10.2. The molecule has 0 saturated heterocycles. The maximum absolute atomic E-state index is 12.5. The molecule has 0 spiro atoms. The third-order valence-electron chi connectivity index (χ3n) is 4.39. The van der Waals surface area contributed by atoms with E-state index in [1.165, 1.54) is 10.6 Å². The van der Waals surface area contributed by atoms with Crippen molar-refractivity contribution in [2.24, 2.45) is 0 Å². The van der Waals surface area contributed by atoms with E-state index < -0.39 is 16.0 Å². The van der Waals surface area contributed by atoms with Crippen molar-refractivity contribution in [1.29, 1.82) is 0 Å². The Hall–Kier alpha value is -2.87. The topological polar surface area (TPSA) is 104 Å². The van der Waals surface area contributed by atoms with Gasteiger partial charge in [-0.2, -0.15) is 0 Å². The molecule has 27 heavy (non-hydrogen) atoms. The van der Waals surface area contributed by atoms with Crippen molar-refractivity contribution < 1.29 is 23.1 Å². The molecule has 7 nitrogen and oxygen atoms in total. The molecule has 0 radical (unpaired) electrons. The normalized spacial score (nSPS) is 16.1. The van der Waals surface area contributed by atoms with Crippen molar-refractivity contribution in [3.63, 3.8) is 0 Å². The number of benzene rings is 2. The fourth-order valence-electron chi connectivity index (χ4n) is 3.39. The van der Waals surface area contributed by atoms with Gasteiger partial charge >= 0.3 is 5.97 Å². The van der Waals surface area contributed by atoms with Crippen LogP contribution in [0.5, 0.6) is 0 Å². The van der Waals surface area contributed by atoms with Gasteiger partial charge in [0, 0.05) is 17.3 Å². The highest BCUT2D eigenvalue weighted by atomic mass is 32.2. The van der Waals surface area contributed by atoms with E-state index in [2.05, 4.69) is 5.32 Å². The first kappa shape index (κ1) is 18.9. The van der Waals surface area contributed by atoms with Gasteiger partial charge in [0.15, 0.2) is 0 Å². The SMILES string of the molecule is C[C@@H]1Cc2cc(C(=O)Nc3cccc(CC(=O)O)c3)ccc2N1S(C)(=O)=O. The molecule has 1 heterocycles. The first-order valence-electron chi connectivity index (χ1n) is 8.39. The number of fused-ring (bicyclic) bond motifs is 1. The maximum atomic E-state index is 12.5. The van der Waals surface area contributed by atoms with Crippen molar-refractivity contribution in [2.45, 2.75) is 25.8 Å². The molecule has 3 rings (SSSR count). The predicted molar refractivity (Wildman–Crippen MR) is 103 cm³/mol. The maximum Gasteiger partial charge on any atom is 0.307 e. The van der Waals surface area contributed by atoms with Gasteiger partial charge in [0.25, 0.3) is 5.91 Å². The monoisotopic (exact) mass is 388 g/mol. The molecule has 2 N–H and O–H groups in total. The molecule has 0 unspecified atom stereocenters. The molecular weight excluding hydrogens is 368 g/mol. The van der Waals surface area contributed by atoms with Gasteiger partial charge in [0.05, 0.1) is 18.4 Å². The van der Waals surface area contributed by atoms with Crippen molar-refractivity contribution in [1.82, 2.24) is 0 Å². The van der Waals surface area contributed by atoms with Gasteiger partial charge in [-0.05, 0) is 54.8 Å². The van der Waals surface area contributed by atoms with Crippen LogP contribution in [0.3, 0.4) is 0 Å². The molecule has 0 aromatic heterocycles. The van der Waals surface area contributed by atoms with E-state index in [1.807, 2.05) is 6.92 Å². The van der Waals surface area contributed by atoms with Crippen LogP contribution >= 0.6 is 0 Å². The third kappa shape index (κ3) is 4.11. The summed E-state index contributed by atoms with van der Waals surface area (Å²) in [6, 6.07) is 11.4. The zero-order chi connectivity index (χ0) is 19.8. The number of nitrogens with zero attached hydrogens (tertiary/aromatic N) is 1. The number of amides is 1. The number of rotatable bonds is 5. The summed E-state index contributed by atoms with van der Waals surface area (Å²) in [4.78, 5) is 23.4. The van der Waals surface area contributed by atoms with Crippen molar-refractivity contribution in [3.05, 3.63) is 59.2 Å². The standard InChI is InChI=1S/C19H20N2O5S/c1-12-8-15-11-14(6-7-17(15)21(12)27(2,25)26)19(24)20-16-5-3-4-13(9-16)10-18(22)23/h3-7,9,11-12H,8,10H2,1-2H3,(H,20,24)(H,22,23)/t12-/m1/s1. The van der Waals surface area contributed by atoms with Crippen molar-refractivity contribution >= 4 is 33.3 Å². The molecule has 0 bridgehead atoms. The van der Waals surface area contributed by atoms with E-state index in [0.29, 0.717) is 28.9 Å². The van der Waals surface area contributed by atoms with Gasteiger partial charge < -0.3 is 10.4 Å². The quantitative estimate of drug-likeness (QED) is 0.818. The third-order valence-corrected chi connectivity index (χ3v) is 5.66. The fraction of sp³-hybridized carbons (Fsp3) is 0.263. The lowest BCUT2D eigenvalue weighted by atomic mass is 10.1. The van der Waals surface area contributed by atoms with Crippen LogP contribution in [0.2, 0.25) is 0 Å². The van der Waals surface area contributed by atoms with Crippen LogP contribution < -0.4 is 9.62 Å². The fourth-order valence-corrected chi connectivity index (χ4v) is 4.65. The van der Waals surface area contributed by atoms with Gasteiger partial charge in [0.1, 0.15) is 0 Å². The summed E-state index contributed by atoms with van der Waals surface area (Å²) in [5, 5.41) is 11.6. The summed E-state index contributed by atoms with van der Waals surface area (Å²) in [5.74, 6) is -1.28. The molecule has 2 aromatic carbocycles. The van der Waals surface area contributed by atoms with Crippen molar-refractivity contribution in [3.8, 4) is 0 Å². The van der Waals surface area contributed by atoms with Gasteiger partial charge in [-0.15, -0.1) is 0 Å². The van der Waals surface area contributed by atoms with E-state index >= 15 is 0 Å². The van der Waals surface area contributed by atoms with Gasteiger partial charge in [-0.3, -0.25) is 13.9 Å². The minimum Gasteiger partial charge on any atom is -0.481 e. The van der Waals surface area contributed by atoms with E-state index in [0.717, 1.165) is 5.56 Å². The first-order chi connectivity index (χ1) is 12.6. The van der Waals surface area contributed by atoms with Crippen LogP contribution in [0.25, 0.3) is 0 Å². The van der Waals surface area contributed by atoms with E-state index in [9.17, 15) is 18.0 Å². The highest BCUT2D eigenvalue weighted by molar-refractivity contribution is 7.92. The van der Waals surface area contributed by atoms with Gasteiger partial charge in [0.2, 0.25) is 10.0 Å². The number of aliphatic carboxylic acids is 1. The molecule has 1 aliphatic heterocycles. The van der Waals surface area contributed by atoms with Crippen LogP contribution in [0.15, 0.2) is 42.5 Å². The summed E-state index contributed by atoms with van der Waals surface area (Å²) < 4.78 is 25.3. The second-order valence-electron chi connectivity index (χ2n) is 6.68. The predicted octanol–water partition coefficient (Wildman–Crippen LogP) is 2.28. The van der Waals surface area contributed by atoms with Crippen LogP contribution in [-0.4, -0.2) is 37.7 Å². The molecule has 142 valence electrons. The minimum atomic E-state index is -3.38. The zero-order valence-corrected chi connectivity index (χ0v) is 15.8. The Morgan fingerprint density at radius 3 is 2.63 bits per heavy atom. The number of hydrogen-bond acceptors (Lipinski definition) is 4. The van der Waals surface area contributed by atoms with Gasteiger partial charge in [-0.1, -0.05) is 12.1 Å². The number of sulfonamides is 1. The lowest BCUT2D eigenvalue weighted by molar-refractivity contribution is -0.136. The highest BCUT2D eigenvalue weighted by Gasteiger charge is 2.32. The molecule has 0 aliphatic carbocycles. The van der Waals surface area contributed by atoms with Gasteiger partial charge in [-0.25, -0.2) is 8.42 Å². The Bertz CT molecular complexity index is 1020. The average Bonchev–Trinajstić information content (AvgIpc) is 2.89. The number of hydrogen-bond donors (Lipinski definition) is 2. The number of nitrogens with one attached hydrogen (secondary N) is 1. The Morgan fingerprint density at radius 1 is 1.22 bits per heavy atom. The number of carboxylic acids is 1. The number of carbonyl (C=O) groups excluding carboxylic acids is 1. The zero-order valence-electron chi connectivity index (χ0n) is 15.0. The summed E-state index contributed by atoms with van der Waals surface area (Å²) >= 11 is 0. The van der Waals surface area contributed by atoms with Crippen LogP contribution in [0.4, 0.5) is 11.4 Å². The van der Waals surface area contributed by atoms with Crippen LogP contribution in [0, 0.1) is 0 Å². The highest BCUT2D eigenvalue weighted by Crippen LogP contribution is 2.34. The van der Waals surface area contributed by atoms with Crippen molar-refractivity contribution in [2.75, 3.05) is 15.9 Å². The Labute approximate surface area is 157 Å². The summed E-state index contributed by atoms with van der Waals surface area (Å²) in [6.45, 7) is 1.83. The molecular formula is C19H20N2O5S. The Morgan fingerprint density at radius 2 is 1.96 bits per heavy atom. The Balaban J connectivity index is 1.82. The summed E-state index contributed by atoms with van der Waals surface area (Å²) in [7, 11) is -3.38. The second-order valence-corrected chi connectivity index (χ2v) is 8.54. The molecule has 2 aromatic rings. The van der Waals surface area contributed by atoms with E-state index in [1.54, 1.807) is 42.5 Å². The molecule has 0 saturated carbocycles. The number of carbonyl (C=O) groups is 2. The lowest BCUT2D eigenvalue weighted by Crippen LogP contribution is -2.34. The number of carboxylic acid groups (broad SMARTS) is 1. The molecule has 0 fully saturated rings. The molecule has 1 amide bonds. The lowest BCUT2D eigenvalue weighted by Gasteiger charge is -2.21.